The van der Waals surface area contributed by atoms with Gasteiger partial charge in [0.1, 0.15) is 11.6 Å². The van der Waals surface area contributed by atoms with Crippen LogP contribution in [0.25, 0.3) is 0 Å². The first-order valence-corrected chi connectivity index (χ1v) is 7.08. The molecule has 1 saturated carbocycles. The number of hydrogen-bond donors (Lipinski definition) is 1. The van der Waals surface area contributed by atoms with Crippen molar-refractivity contribution in [2.24, 2.45) is 0 Å². The Morgan fingerprint density at radius 1 is 1.38 bits per heavy atom. The average molecular weight is 331 g/mol. The monoisotopic (exact) mass is 331 g/mol. The number of anilines is 1. The number of hydrogen-bond acceptors (Lipinski definition) is 3. The van der Waals surface area contributed by atoms with E-state index in [9.17, 15) is 0 Å². The Morgan fingerprint density at radius 3 is 2.69 bits per heavy atom. The van der Waals surface area contributed by atoms with E-state index in [2.05, 4.69) is 39.8 Å². The molecule has 0 spiro atoms. The highest BCUT2D eigenvalue weighted by Gasteiger charge is 2.29. The van der Waals surface area contributed by atoms with Crippen LogP contribution in [0.1, 0.15) is 50.0 Å². The molecule has 1 heterocycles. The van der Waals surface area contributed by atoms with Crippen LogP contribution in [0.15, 0.2) is 0 Å². The molecular weight excluding hydrogens is 313 g/mol. The lowest BCUT2D eigenvalue weighted by Crippen LogP contribution is -2.07. The summed E-state index contributed by atoms with van der Waals surface area (Å²) in [6.45, 7) is 2.20. The minimum Gasteiger partial charge on any atom is -0.372 e. The molecular formula is C12H18IN3. The highest BCUT2D eigenvalue weighted by Crippen LogP contribution is 2.42. The van der Waals surface area contributed by atoms with Crippen LogP contribution < -0.4 is 5.32 Å². The van der Waals surface area contributed by atoms with Crippen LogP contribution in [0.3, 0.4) is 0 Å². The molecule has 3 nitrogen and oxygen atoms in total. The zero-order valence-corrected chi connectivity index (χ0v) is 12.0. The van der Waals surface area contributed by atoms with Crippen LogP contribution in [0.2, 0.25) is 0 Å². The van der Waals surface area contributed by atoms with Crippen LogP contribution in [0.4, 0.5) is 5.82 Å². The van der Waals surface area contributed by atoms with E-state index in [1.54, 1.807) is 0 Å². The van der Waals surface area contributed by atoms with Gasteiger partial charge in [0.05, 0.1) is 9.26 Å². The topological polar surface area (TPSA) is 37.8 Å². The van der Waals surface area contributed by atoms with Gasteiger partial charge in [0.15, 0.2) is 0 Å². The van der Waals surface area contributed by atoms with Crippen LogP contribution in [0, 0.1) is 3.57 Å². The molecule has 0 aliphatic heterocycles. The van der Waals surface area contributed by atoms with Crippen molar-refractivity contribution in [2.75, 3.05) is 12.4 Å². The molecule has 1 fully saturated rings. The summed E-state index contributed by atoms with van der Waals surface area (Å²) in [5.41, 5.74) is 1.27. The van der Waals surface area contributed by atoms with Gasteiger partial charge in [-0.2, -0.15) is 0 Å². The smallest absolute Gasteiger partial charge is 0.143 e. The zero-order chi connectivity index (χ0) is 11.5. The molecule has 0 unspecified atom stereocenters. The van der Waals surface area contributed by atoms with Crippen LogP contribution >= 0.6 is 22.6 Å². The lowest BCUT2D eigenvalue weighted by atomic mass is 10.2. The fourth-order valence-corrected chi connectivity index (χ4v) is 2.70. The molecule has 0 atom stereocenters. The van der Waals surface area contributed by atoms with Crippen LogP contribution in [-0.4, -0.2) is 17.0 Å². The molecule has 1 aliphatic rings. The molecule has 1 N–H and O–H groups in total. The Hall–Kier alpha value is -0.390. The minimum absolute atomic E-state index is 0.697. The second-order valence-corrected chi connectivity index (χ2v) is 5.39. The molecule has 88 valence electrons. The third-order valence-electron chi connectivity index (χ3n) is 2.88. The Labute approximate surface area is 111 Å². The van der Waals surface area contributed by atoms with E-state index in [0.717, 1.165) is 18.1 Å². The maximum Gasteiger partial charge on any atom is 0.143 e. The van der Waals surface area contributed by atoms with E-state index < -0.39 is 0 Å². The summed E-state index contributed by atoms with van der Waals surface area (Å²) >= 11 is 2.36. The molecule has 4 heteroatoms. The average Bonchev–Trinajstić information content (AvgIpc) is 3.11. The third-order valence-corrected chi connectivity index (χ3v) is 3.94. The van der Waals surface area contributed by atoms with E-state index in [0.29, 0.717) is 5.92 Å². The van der Waals surface area contributed by atoms with Gasteiger partial charge in [0.25, 0.3) is 0 Å². The van der Waals surface area contributed by atoms with E-state index in [1.807, 2.05) is 7.05 Å². The number of rotatable bonds is 5. The van der Waals surface area contributed by atoms with Crippen molar-refractivity contribution in [1.82, 2.24) is 9.97 Å². The predicted molar refractivity (Wildman–Crippen MR) is 74.9 cm³/mol. The van der Waals surface area contributed by atoms with Gasteiger partial charge in [0, 0.05) is 19.4 Å². The number of halogens is 1. The van der Waals surface area contributed by atoms with Gasteiger partial charge in [-0.3, -0.25) is 0 Å². The molecule has 1 aromatic rings. The molecule has 0 bridgehead atoms. The summed E-state index contributed by atoms with van der Waals surface area (Å²) in [4.78, 5) is 9.29. The quantitative estimate of drug-likeness (QED) is 0.841. The number of aryl methyl sites for hydroxylation is 1. The van der Waals surface area contributed by atoms with Crippen LogP contribution in [-0.2, 0) is 6.42 Å². The summed E-state index contributed by atoms with van der Waals surface area (Å²) in [5, 5.41) is 3.18. The molecule has 0 radical (unpaired) electrons. The normalized spacial score (nSPS) is 15.2. The van der Waals surface area contributed by atoms with Crippen molar-refractivity contribution >= 4 is 28.4 Å². The highest BCUT2D eigenvalue weighted by atomic mass is 127. The minimum atomic E-state index is 0.697. The predicted octanol–water partition coefficient (Wildman–Crippen LogP) is 3.34. The lowest BCUT2D eigenvalue weighted by Gasteiger charge is -2.10. The van der Waals surface area contributed by atoms with Crippen molar-refractivity contribution in [3.05, 3.63) is 15.1 Å². The van der Waals surface area contributed by atoms with Crippen LogP contribution in [0.5, 0.6) is 0 Å². The molecule has 1 aromatic heterocycles. The maximum absolute atomic E-state index is 4.72. The fraction of sp³-hybridized carbons (Fsp3) is 0.667. The molecule has 16 heavy (non-hydrogen) atoms. The number of aromatic nitrogens is 2. The Bertz CT molecular complexity index is 375. The second kappa shape index (κ2) is 5.29. The van der Waals surface area contributed by atoms with Crippen molar-refractivity contribution < 1.29 is 0 Å². The maximum atomic E-state index is 4.72. The molecule has 0 aromatic carbocycles. The van der Waals surface area contributed by atoms with Gasteiger partial charge in [-0.15, -0.1) is 0 Å². The van der Waals surface area contributed by atoms with E-state index in [1.165, 1.54) is 34.9 Å². The zero-order valence-electron chi connectivity index (χ0n) is 9.89. The summed E-state index contributed by atoms with van der Waals surface area (Å²) < 4.78 is 1.21. The summed E-state index contributed by atoms with van der Waals surface area (Å²) in [6.07, 6.45) is 5.96. The van der Waals surface area contributed by atoms with Gasteiger partial charge in [0.2, 0.25) is 0 Å². The second-order valence-electron chi connectivity index (χ2n) is 4.32. The summed E-state index contributed by atoms with van der Waals surface area (Å²) in [7, 11) is 1.94. The van der Waals surface area contributed by atoms with Crippen molar-refractivity contribution in [3.63, 3.8) is 0 Å². The van der Waals surface area contributed by atoms with Crippen molar-refractivity contribution in [2.45, 2.75) is 44.9 Å². The Morgan fingerprint density at radius 2 is 2.12 bits per heavy atom. The largest absolute Gasteiger partial charge is 0.372 e. The number of nitrogens with zero attached hydrogens (tertiary/aromatic N) is 2. The molecule has 0 amide bonds. The van der Waals surface area contributed by atoms with E-state index >= 15 is 0 Å². The fourth-order valence-electron chi connectivity index (χ4n) is 1.75. The molecule has 2 rings (SSSR count). The molecule has 0 saturated heterocycles. The van der Waals surface area contributed by atoms with E-state index in [-0.39, 0.29) is 0 Å². The van der Waals surface area contributed by atoms with Gasteiger partial charge >= 0.3 is 0 Å². The van der Waals surface area contributed by atoms with Gasteiger partial charge in [-0.05, 0) is 41.9 Å². The van der Waals surface area contributed by atoms with E-state index in [4.69, 9.17) is 4.98 Å². The Kier molecular flexibility index (Phi) is 4.00. The standard InChI is InChI=1S/C12H18IN3/c1-3-4-5-9-15-11(8-6-7-8)10(13)12(14-2)16-9/h8H,3-7H2,1-2H3,(H,14,15,16). The first-order chi connectivity index (χ1) is 7.76. The SMILES string of the molecule is CCCCc1nc(NC)c(I)c(C2CC2)n1. The highest BCUT2D eigenvalue weighted by molar-refractivity contribution is 14.1. The number of unbranched alkanes of at least 4 members (excludes halogenated alkanes) is 1. The molecule has 1 aliphatic carbocycles. The summed E-state index contributed by atoms with van der Waals surface area (Å²) in [5.74, 6) is 2.71. The lowest BCUT2D eigenvalue weighted by molar-refractivity contribution is 0.742. The number of nitrogens with one attached hydrogen (secondary N) is 1. The first kappa shape index (κ1) is 12.1. The van der Waals surface area contributed by atoms with Gasteiger partial charge in [-0.25, -0.2) is 9.97 Å². The Balaban J connectivity index is 2.28. The first-order valence-electron chi connectivity index (χ1n) is 6.00. The van der Waals surface area contributed by atoms with Crippen molar-refractivity contribution in [1.29, 1.82) is 0 Å². The third kappa shape index (κ3) is 2.64. The van der Waals surface area contributed by atoms with Gasteiger partial charge < -0.3 is 5.32 Å². The van der Waals surface area contributed by atoms with Crippen molar-refractivity contribution in [3.8, 4) is 0 Å². The summed E-state index contributed by atoms with van der Waals surface area (Å²) in [6, 6.07) is 0. The van der Waals surface area contributed by atoms with Gasteiger partial charge in [-0.1, -0.05) is 13.3 Å².